The summed E-state index contributed by atoms with van der Waals surface area (Å²) in [5.41, 5.74) is -0.177. The van der Waals surface area contributed by atoms with E-state index in [1.54, 1.807) is 24.3 Å². The number of hydrogen-bond acceptors (Lipinski definition) is 1. The monoisotopic (exact) mass is 378 g/mol. The van der Waals surface area contributed by atoms with Crippen molar-refractivity contribution in [3.8, 4) is 22.6 Å². The molecule has 0 unspecified atom stereocenters. The van der Waals surface area contributed by atoms with Crippen molar-refractivity contribution >= 4 is 15.9 Å². The second-order valence-corrected chi connectivity index (χ2v) is 5.63. The van der Waals surface area contributed by atoms with Crippen LogP contribution in [0.4, 0.5) is 13.2 Å². The second kappa shape index (κ2) is 6.46. The van der Waals surface area contributed by atoms with Gasteiger partial charge in [-0.25, -0.2) is 13.2 Å². The Morgan fingerprint density at radius 2 is 1.39 bits per heavy atom. The minimum Gasteiger partial charge on any atom is -0.457 e. The van der Waals surface area contributed by atoms with Crippen LogP contribution in [0.3, 0.4) is 0 Å². The Morgan fingerprint density at radius 3 is 2.09 bits per heavy atom. The molecule has 3 rings (SSSR count). The second-order valence-electron chi connectivity index (χ2n) is 4.78. The largest absolute Gasteiger partial charge is 0.457 e. The summed E-state index contributed by atoms with van der Waals surface area (Å²) in [7, 11) is 0. The first-order valence-corrected chi connectivity index (χ1v) is 7.52. The highest BCUT2D eigenvalue weighted by Gasteiger charge is 2.16. The average molecular weight is 379 g/mol. The van der Waals surface area contributed by atoms with Gasteiger partial charge in [0.25, 0.3) is 0 Å². The summed E-state index contributed by atoms with van der Waals surface area (Å²) in [6.45, 7) is 0. The maximum atomic E-state index is 14.3. The van der Waals surface area contributed by atoms with E-state index in [0.29, 0.717) is 5.75 Å². The van der Waals surface area contributed by atoms with E-state index in [2.05, 4.69) is 15.9 Å². The molecule has 0 aliphatic carbocycles. The number of para-hydroxylation sites is 1. The molecule has 0 heterocycles. The number of benzene rings is 3. The molecule has 1 nitrogen and oxygen atoms in total. The Balaban J connectivity index is 1.96. The third-order valence-corrected chi connectivity index (χ3v) is 3.86. The van der Waals surface area contributed by atoms with E-state index in [0.717, 1.165) is 6.07 Å². The zero-order valence-corrected chi connectivity index (χ0v) is 13.3. The third kappa shape index (κ3) is 3.24. The topological polar surface area (TPSA) is 9.23 Å². The fraction of sp³-hybridized carbons (Fsp3) is 0. The molecule has 0 saturated carbocycles. The van der Waals surface area contributed by atoms with Gasteiger partial charge in [-0.1, -0.05) is 18.2 Å². The molecule has 0 saturated heterocycles. The Bertz CT molecular complexity index is 850. The molecule has 116 valence electrons. The van der Waals surface area contributed by atoms with Crippen molar-refractivity contribution in [3.63, 3.8) is 0 Å². The molecule has 3 aromatic carbocycles. The van der Waals surface area contributed by atoms with Crippen LogP contribution in [0, 0.1) is 17.5 Å². The van der Waals surface area contributed by atoms with Crippen LogP contribution in [-0.2, 0) is 0 Å². The maximum Gasteiger partial charge on any atom is 0.173 e. The number of ether oxygens (including phenoxy) is 1. The molecule has 0 N–H and O–H groups in total. The van der Waals surface area contributed by atoms with Crippen molar-refractivity contribution in [1.82, 2.24) is 0 Å². The first-order valence-electron chi connectivity index (χ1n) is 6.72. The summed E-state index contributed by atoms with van der Waals surface area (Å²) in [4.78, 5) is 0. The molecule has 23 heavy (non-hydrogen) atoms. The fourth-order valence-electron chi connectivity index (χ4n) is 2.14. The van der Waals surface area contributed by atoms with E-state index < -0.39 is 17.5 Å². The van der Waals surface area contributed by atoms with E-state index in [9.17, 15) is 13.2 Å². The van der Waals surface area contributed by atoms with Crippen LogP contribution in [-0.4, -0.2) is 0 Å². The molecule has 0 atom stereocenters. The van der Waals surface area contributed by atoms with Crippen molar-refractivity contribution in [2.24, 2.45) is 0 Å². The quantitative estimate of drug-likeness (QED) is 0.484. The molecule has 0 amide bonds. The van der Waals surface area contributed by atoms with Crippen molar-refractivity contribution in [3.05, 3.63) is 82.6 Å². The first kappa shape index (κ1) is 15.6. The summed E-state index contributed by atoms with van der Waals surface area (Å²) in [6, 6.07) is 15.5. The molecule has 0 aromatic heterocycles. The first-order chi connectivity index (χ1) is 11.1. The van der Waals surface area contributed by atoms with Crippen molar-refractivity contribution < 1.29 is 17.9 Å². The molecule has 0 aliphatic heterocycles. The highest BCUT2D eigenvalue weighted by atomic mass is 79.9. The summed E-state index contributed by atoms with van der Waals surface area (Å²) >= 11 is 2.89. The Hall–Kier alpha value is -2.27. The van der Waals surface area contributed by atoms with E-state index in [1.165, 1.54) is 24.3 Å². The molecule has 3 aromatic rings. The van der Waals surface area contributed by atoms with Crippen molar-refractivity contribution in [2.45, 2.75) is 0 Å². The number of hydrogen-bond donors (Lipinski definition) is 0. The van der Waals surface area contributed by atoms with Gasteiger partial charge in [0.05, 0.1) is 4.47 Å². The van der Waals surface area contributed by atoms with Crippen LogP contribution in [0.25, 0.3) is 11.1 Å². The molecule has 5 heteroatoms. The summed E-state index contributed by atoms with van der Waals surface area (Å²) in [5, 5.41) is 0. The van der Waals surface area contributed by atoms with E-state index in [1.807, 2.05) is 6.07 Å². The van der Waals surface area contributed by atoms with Gasteiger partial charge in [-0.15, -0.1) is 0 Å². The molecular weight excluding hydrogens is 369 g/mol. The summed E-state index contributed by atoms with van der Waals surface area (Å²) in [6.07, 6.45) is 0. The fourth-order valence-corrected chi connectivity index (χ4v) is 2.44. The number of halogens is 4. The molecule has 0 bridgehead atoms. The third-order valence-electron chi connectivity index (χ3n) is 3.24. The molecular formula is C18H10BrF3O. The van der Waals surface area contributed by atoms with Crippen LogP contribution < -0.4 is 4.74 Å². The highest BCUT2D eigenvalue weighted by molar-refractivity contribution is 9.10. The Labute approximate surface area is 139 Å². The lowest BCUT2D eigenvalue weighted by Gasteiger charge is -2.10. The maximum absolute atomic E-state index is 14.3. The normalized spacial score (nSPS) is 10.6. The molecule has 0 aliphatic rings. The lowest BCUT2D eigenvalue weighted by Crippen LogP contribution is -1.94. The predicted octanol–water partition coefficient (Wildman–Crippen LogP) is 6.33. The summed E-state index contributed by atoms with van der Waals surface area (Å²) in [5.74, 6) is -2.02. The minimum absolute atomic E-state index is 0.0109. The average Bonchev–Trinajstić information content (AvgIpc) is 2.55. The van der Waals surface area contributed by atoms with Crippen LogP contribution in [0.5, 0.6) is 11.5 Å². The molecule has 0 radical (unpaired) electrons. The SMILES string of the molecule is Fc1cc(Oc2ccccc2)ccc1-c1ccc(Br)c(F)c1F. The van der Waals surface area contributed by atoms with Gasteiger partial charge in [-0.3, -0.25) is 0 Å². The molecule has 0 fully saturated rings. The van der Waals surface area contributed by atoms with E-state index in [-0.39, 0.29) is 21.3 Å². The minimum atomic E-state index is -1.10. The van der Waals surface area contributed by atoms with Gasteiger partial charge in [0.15, 0.2) is 11.6 Å². The zero-order valence-electron chi connectivity index (χ0n) is 11.7. The van der Waals surface area contributed by atoms with E-state index in [4.69, 9.17) is 4.74 Å². The van der Waals surface area contributed by atoms with E-state index >= 15 is 0 Å². The van der Waals surface area contributed by atoms with Gasteiger partial charge in [0.2, 0.25) is 0 Å². The smallest absolute Gasteiger partial charge is 0.173 e. The molecule has 0 spiro atoms. The van der Waals surface area contributed by atoms with Crippen molar-refractivity contribution in [1.29, 1.82) is 0 Å². The lowest BCUT2D eigenvalue weighted by molar-refractivity contribution is 0.476. The van der Waals surface area contributed by atoms with Gasteiger partial charge in [0.1, 0.15) is 17.3 Å². The summed E-state index contributed by atoms with van der Waals surface area (Å²) < 4.78 is 47.3. The lowest BCUT2D eigenvalue weighted by atomic mass is 10.0. The zero-order chi connectivity index (χ0) is 16.4. The highest BCUT2D eigenvalue weighted by Crippen LogP contribution is 2.32. The number of rotatable bonds is 3. The standard InChI is InChI=1S/C18H10BrF3O/c19-15-9-8-14(17(21)18(15)22)13-7-6-12(10-16(13)20)23-11-4-2-1-3-5-11/h1-10H. The Morgan fingerprint density at radius 1 is 0.696 bits per heavy atom. The van der Waals surface area contributed by atoms with Crippen molar-refractivity contribution in [2.75, 3.05) is 0 Å². The van der Waals surface area contributed by atoms with Gasteiger partial charge in [-0.2, -0.15) is 0 Å². The van der Waals surface area contributed by atoms with Crippen LogP contribution in [0.2, 0.25) is 0 Å². The van der Waals surface area contributed by atoms with Gasteiger partial charge in [0, 0.05) is 17.2 Å². The van der Waals surface area contributed by atoms with Crippen LogP contribution in [0.15, 0.2) is 65.1 Å². The van der Waals surface area contributed by atoms with Gasteiger partial charge >= 0.3 is 0 Å². The van der Waals surface area contributed by atoms with Gasteiger partial charge < -0.3 is 4.74 Å². The van der Waals surface area contributed by atoms with Crippen LogP contribution in [0.1, 0.15) is 0 Å². The van der Waals surface area contributed by atoms with Gasteiger partial charge in [-0.05, 0) is 52.3 Å². The predicted molar refractivity (Wildman–Crippen MR) is 86.0 cm³/mol. The van der Waals surface area contributed by atoms with Crippen LogP contribution >= 0.6 is 15.9 Å². The Kier molecular flexibility index (Phi) is 4.39.